The van der Waals surface area contributed by atoms with E-state index >= 15 is 0 Å². The Bertz CT molecular complexity index is 774. The van der Waals surface area contributed by atoms with Crippen molar-refractivity contribution < 1.29 is 29.0 Å². The second-order valence-electron chi connectivity index (χ2n) is 11.2. The van der Waals surface area contributed by atoms with Crippen LogP contribution in [0.5, 0.6) is 0 Å². The molecule has 1 aliphatic heterocycles. The fourth-order valence-corrected chi connectivity index (χ4v) is 6.62. The molecule has 8 heteroatoms. The van der Waals surface area contributed by atoms with Gasteiger partial charge < -0.3 is 19.5 Å². The van der Waals surface area contributed by atoms with Gasteiger partial charge >= 0.3 is 18.2 Å². The molecule has 1 N–H and O–H groups in total. The summed E-state index contributed by atoms with van der Waals surface area (Å²) in [5, 5.41) is 9.79. The zero-order chi connectivity index (χ0) is 23.3. The zero-order valence-corrected chi connectivity index (χ0v) is 19.4. The Morgan fingerprint density at radius 1 is 1.19 bits per heavy atom. The van der Waals surface area contributed by atoms with Crippen LogP contribution in [0.1, 0.15) is 59.3 Å². The number of carbonyl (C=O) groups is 3. The van der Waals surface area contributed by atoms with E-state index in [4.69, 9.17) is 9.47 Å². The molecule has 4 aliphatic carbocycles. The molecule has 3 atom stereocenters. The Morgan fingerprint density at radius 3 is 2.41 bits per heavy atom. The predicted octanol–water partition coefficient (Wildman–Crippen LogP) is 3.90. The van der Waals surface area contributed by atoms with Crippen LogP contribution in [0.2, 0.25) is 0 Å². The molecule has 4 bridgehead atoms. The molecular formula is C24H36N2O6. The topological polar surface area (TPSA) is 96.4 Å². The van der Waals surface area contributed by atoms with E-state index in [2.05, 4.69) is 6.58 Å². The van der Waals surface area contributed by atoms with E-state index in [0.717, 1.165) is 19.3 Å². The van der Waals surface area contributed by atoms with E-state index in [0.29, 0.717) is 44.8 Å². The van der Waals surface area contributed by atoms with Gasteiger partial charge in [-0.05, 0) is 77.0 Å². The number of hydrogen-bond acceptors (Lipinski definition) is 5. The fraction of sp³-hybridized carbons (Fsp3) is 0.792. The molecule has 32 heavy (non-hydrogen) atoms. The summed E-state index contributed by atoms with van der Waals surface area (Å²) < 4.78 is 11.5. The zero-order valence-electron chi connectivity index (χ0n) is 19.4. The van der Waals surface area contributed by atoms with Crippen molar-refractivity contribution in [2.45, 2.75) is 77.0 Å². The largest absolute Gasteiger partial charge is 0.481 e. The van der Waals surface area contributed by atoms with E-state index in [9.17, 15) is 19.5 Å². The van der Waals surface area contributed by atoms with Gasteiger partial charge in [0, 0.05) is 19.6 Å². The van der Waals surface area contributed by atoms with Crippen LogP contribution in [0, 0.1) is 23.2 Å². The molecule has 5 aliphatic rings. The van der Waals surface area contributed by atoms with Gasteiger partial charge in [-0.3, -0.25) is 9.69 Å². The van der Waals surface area contributed by atoms with E-state index in [1.165, 1.54) is 0 Å². The number of aliphatic carboxylic acids is 1. The number of amides is 2. The second-order valence-corrected chi connectivity index (χ2v) is 11.2. The Hall–Kier alpha value is -2.25. The number of hydrogen-bond donors (Lipinski definition) is 1. The van der Waals surface area contributed by atoms with Crippen molar-refractivity contribution in [2.24, 2.45) is 23.2 Å². The normalized spacial score (nSPS) is 35.5. The Kier molecular flexibility index (Phi) is 5.92. The summed E-state index contributed by atoms with van der Waals surface area (Å²) in [4.78, 5) is 40.9. The lowest BCUT2D eigenvalue weighted by Gasteiger charge is -2.57. The van der Waals surface area contributed by atoms with Crippen LogP contribution in [0.15, 0.2) is 12.7 Å². The van der Waals surface area contributed by atoms with Crippen LogP contribution in [0.25, 0.3) is 0 Å². The van der Waals surface area contributed by atoms with E-state index in [-0.39, 0.29) is 30.1 Å². The second kappa shape index (κ2) is 8.27. The first kappa shape index (κ1) is 22.9. The summed E-state index contributed by atoms with van der Waals surface area (Å²) >= 11 is 0. The molecular weight excluding hydrogens is 412 g/mol. The highest BCUT2D eigenvalue weighted by molar-refractivity contribution is 5.75. The van der Waals surface area contributed by atoms with Gasteiger partial charge in [-0.1, -0.05) is 6.08 Å². The molecule has 5 rings (SSSR count). The van der Waals surface area contributed by atoms with Crippen LogP contribution in [0.3, 0.4) is 0 Å². The van der Waals surface area contributed by atoms with Crippen molar-refractivity contribution in [3.8, 4) is 0 Å². The summed E-state index contributed by atoms with van der Waals surface area (Å²) in [7, 11) is 0. The van der Waals surface area contributed by atoms with Gasteiger partial charge in [0.05, 0.1) is 11.5 Å². The first-order valence-corrected chi connectivity index (χ1v) is 11.8. The average molecular weight is 449 g/mol. The molecule has 4 saturated carbocycles. The minimum atomic E-state index is -0.687. The van der Waals surface area contributed by atoms with Crippen LogP contribution in [-0.4, -0.2) is 70.4 Å². The molecule has 0 radical (unpaired) electrons. The maximum atomic E-state index is 13.0. The number of carboxylic acid groups (broad SMARTS) is 1. The Morgan fingerprint density at radius 2 is 1.84 bits per heavy atom. The van der Waals surface area contributed by atoms with Gasteiger partial charge in [0.2, 0.25) is 0 Å². The first-order valence-electron chi connectivity index (χ1n) is 11.8. The minimum absolute atomic E-state index is 0.138. The van der Waals surface area contributed by atoms with E-state index in [1.807, 2.05) is 20.8 Å². The van der Waals surface area contributed by atoms with Gasteiger partial charge in [0.15, 0.2) is 0 Å². The summed E-state index contributed by atoms with van der Waals surface area (Å²) in [6.45, 7) is 10.5. The van der Waals surface area contributed by atoms with Crippen molar-refractivity contribution in [2.75, 3.05) is 19.6 Å². The summed E-state index contributed by atoms with van der Waals surface area (Å²) in [6.07, 6.45) is 5.28. The van der Waals surface area contributed by atoms with E-state index in [1.54, 1.807) is 15.9 Å². The predicted molar refractivity (Wildman–Crippen MR) is 117 cm³/mol. The van der Waals surface area contributed by atoms with Crippen molar-refractivity contribution >= 4 is 18.2 Å². The highest BCUT2D eigenvalue weighted by Gasteiger charge is 2.60. The number of nitrogens with zero attached hydrogens (tertiary/aromatic N) is 2. The van der Waals surface area contributed by atoms with Crippen molar-refractivity contribution in [3.63, 3.8) is 0 Å². The quantitative estimate of drug-likeness (QED) is 0.641. The van der Waals surface area contributed by atoms with Crippen molar-refractivity contribution in [1.29, 1.82) is 0 Å². The molecule has 2 unspecified atom stereocenters. The molecule has 8 nitrogen and oxygen atoms in total. The SMILES string of the molecule is C=CCN(C(=O)OC(C)(C)C)[C@@H]1CCN(C(=O)OC2C3CC4CC2CC(C(=O)O)(C4)C3)C1. The van der Waals surface area contributed by atoms with Crippen LogP contribution in [0.4, 0.5) is 9.59 Å². The van der Waals surface area contributed by atoms with E-state index < -0.39 is 23.1 Å². The summed E-state index contributed by atoms with van der Waals surface area (Å²) in [6, 6.07) is -0.149. The molecule has 178 valence electrons. The molecule has 1 saturated heterocycles. The molecule has 0 aromatic heterocycles. The lowest BCUT2D eigenvalue weighted by Crippen LogP contribution is -2.57. The standard InChI is InChI=1S/C24H36N2O6/c1-5-7-26(22(30)32-23(2,3)4)18-6-8-25(14-18)21(29)31-19-16-9-15-10-17(19)13-24(11-15,12-16)20(27)28/h5,15-19H,1,6-14H2,2-4H3,(H,27,28)/t15?,16?,17?,18-,19?,24?/m1/s1. The average Bonchev–Trinajstić information content (AvgIpc) is 3.16. The molecule has 0 spiro atoms. The highest BCUT2D eigenvalue weighted by atomic mass is 16.6. The number of ether oxygens (including phenoxy) is 2. The number of carbonyl (C=O) groups excluding carboxylic acids is 2. The third kappa shape index (κ3) is 4.33. The summed E-state index contributed by atoms with van der Waals surface area (Å²) in [5.74, 6) is 0.0296. The minimum Gasteiger partial charge on any atom is -0.481 e. The van der Waals surface area contributed by atoms with Gasteiger partial charge in [0.25, 0.3) is 0 Å². The van der Waals surface area contributed by atoms with Crippen LogP contribution >= 0.6 is 0 Å². The maximum absolute atomic E-state index is 13.0. The fourth-order valence-electron chi connectivity index (χ4n) is 6.62. The molecule has 2 amide bonds. The molecule has 5 fully saturated rings. The van der Waals surface area contributed by atoms with Crippen LogP contribution in [-0.2, 0) is 14.3 Å². The molecule has 1 heterocycles. The smallest absolute Gasteiger partial charge is 0.410 e. The van der Waals surface area contributed by atoms with Crippen molar-refractivity contribution in [1.82, 2.24) is 9.80 Å². The monoisotopic (exact) mass is 448 g/mol. The van der Waals surface area contributed by atoms with Crippen LogP contribution < -0.4 is 0 Å². The lowest BCUT2D eigenvalue weighted by atomic mass is 9.48. The third-order valence-electron chi connectivity index (χ3n) is 7.69. The van der Waals surface area contributed by atoms with Gasteiger partial charge in [0.1, 0.15) is 11.7 Å². The first-order chi connectivity index (χ1) is 15.0. The highest BCUT2D eigenvalue weighted by Crippen LogP contribution is 2.60. The molecule has 0 aromatic rings. The number of carboxylic acids is 1. The van der Waals surface area contributed by atoms with Gasteiger partial charge in [-0.15, -0.1) is 6.58 Å². The van der Waals surface area contributed by atoms with Crippen molar-refractivity contribution in [3.05, 3.63) is 12.7 Å². The number of likely N-dealkylation sites (tertiary alicyclic amines) is 1. The maximum Gasteiger partial charge on any atom is 0.410 e. The molecule has 0 aromatic carbocycles. The number of rotatable bonds is 5. The summed E-state index contributed by atoms with van der Waals surface area (Å²) in [5.41, 5.74) is -1.21. The third-order valence-corrected chi connectivity index (χ3v) is 7.69. The van der Waals surface area contributed by atoms with Gasteiger partial charge in [-0.25, -0.2) is 9.59 Å². The lowest BCUT2D eigenvalue weighted by molar-refractivity contribution is -0.179. The Labute approximate surface area is 189 Å². The Balaban J connectivity index is 1.37. The van der Waals surface area contributed by atoms with Gasteiger partial charge in [-0.2, -0.15) is 0 Å².